The zero-order valence-electron chi connectivity index (χ0n) is 23.2. The maximum Gasteiger partial charge on any atom is 0.332 e. The molecule has 0 saturated carbocycles. The number of benzene rings is 4. The van der Waals surface area contributed by atoms with Gasteiger partial charge in [-0.1, -0.05) is 112 Å². The maximum absolute atomic E-state index is 13.7. The Labute approximate surface area is 239 Å². The molecule has 0 bridgehead atoms. The molecule has 0 aromatic heterocycles. The second kappa shape index (κ2) is 12.1. The fourth-order valence-corrected chi connectivity index (χ4v) is 5.21. The van der Waals surface area contributed by atoms with Crippen molar-refractivity contribution in [2.24, 2.45) is 10.4 Å². The van der Waals surface area contributed by atoms with Gasteiger partial charge in [0, 0.05) is 41.2 Å². The minimum Gasteiger partial charge on any atom is -0.479 e. The number of carbonyl (C=O) groups excluding carboxylic acids is 1. The lowest BCUT2D eigenvalue weighted by atomic mass is 9.62. The molecule has 4 rings (SSSR count). The van der Waals surface area contributed by atoms with E-state index >= 15 is 0 Å². The van der Waals surface area contributed by atoms with Crippen molar-refractivity contribution in [3.63, 3.8) is 0 Å². The molecule has 0 unspecified atom stereocenters. The summed E-state index contributed by atoms with van der Waals surface area (Å²) < 4.78 is 0. The normalized spacial score (nSPS) is 13.4. The summed E-state index contributed by atoms with van der Waals surface area (Å²) in [6, 6.07) is 33.3. The predicted molar refractivity (Wildman–Crippen MR) is 160 cm³/mol. The summed E-state index contributed by atoms with van der Waals surface area (Å²) in [5, 5.41) is 22.3. The van der Waals surface area contributed by atoms with Gasteiger partial charge in [0.1, 0.15) is 0 Å². The summed E-state index contributed by atoms with van der Waals surface area (Å²) >= 11 is 0. The first-order chi connectivity index (χ1) is 19.5. The Hall–Kier alpha value is -4.91. The average molecular weight is 549 g/mol. The van der Waals surface area contributed by atoms with Crippen LogP contribution in [0.4, 0.5) is 5.69 Å². The Balaban J connectivity index is 1.97. The number of nitro benzene ring substituents is 1. The molecule has 41 heavy (non-hydrogen) atoms. The lowest BCUT2D eigenvalue weighted by Crippen LogP contribution is -2.54. The monoisotopic (exact) mass is 548 g/mol. The van der Waals surface area contributed by atoms with E-state index in [1.165, 1.54) is 24.3 Å². The highest BCUT2D eigenvalue weighted by atomic mass is 16.6. The van der Waals surface area contributed by atoms with Crippen LogP contribution in [0.2, 0.25) is 0 Å². The van der Waals surface area contributed by atoms with Crippen LogP contribution in [0.3, 0.4) is 0 Å². The Kier molecular flexibility index (Phi) is 8.57. The van der Waals surface area contributed by atoms with Gasteiger partial charge in [-0.15, -0.1) is 0 Å². The van der Waals surface area contributed by atoms with Crippen molar-refractivity contribution in [1.82, 2.24) is 0 Å². The number of carboxylic acid groups (broad SMARTS) is 1. The third kappa shape index (κ3) is 6.14. The Morgan fingerprint density at radius 3 is 1.63 bits per heavy atom. The van der Waals surface area contributed by atoms with Crippen LogP contribution in [0.1, 0.15) is 60.2 Å². The van der Waals surface area contributed by atoms with E-state index in [2.05, 4.69) is 0 Å². The molecule has 7 nitrogen and oxygen atoms in total. The lowest BCUT2D eigenvalue weighted by molar-refractivity contribution is -0.384. The number of non-ortho nitro benzene ring substituents is 1. The molecule has 0 aliphatic heterocycles. The first kappa shape index (κ1) is 29.1. The van der Waals surface area contributed by atoms with Crippen LogP contribution in [-0.4, -0.2) is 33.0 Å². The van der Waals surface area contributed by atoms with E-state index in [0.717, 1.165) is 11.1 Å². The van der Waals surface area contributed by atoms with E-state index in [4.69, 9.17) is 4.99 Å². The van der Waals surface area contributed by atoms with E-state index in [0.29, 0.717) is 11.3 Å². The van der Waals surface area contributed by atoms with Gasteiger partial charge in [0.05, 0.1) is 10.6 Å². The summed E-state index contributed by atoms with van der Waals surface area (Å²) in [6.45, 7) is 5.47. The Morgan fingerprint density at radius 2 is 1.22 bits per heavy atom. The standard InChI is InChI=1S/C34H32N2O5/c1-33(2,3)34(32(38)39,35-31(26-15-9-5-10-16-26)27-17-11-6-12-18-27)29(24-13-7-4-8-14-24)23-30(37)25-19-21-28(22-20-25)36(40)41/h4-22,29H,23H2,1-3H3,(H,38,39)/t29-,34-/m0/s1. The molecular weight excluding hydrogens is 516 g/mol. The predicted octanol–water partition coefficient (Wildman–Crippen LogP) is 7.36. The number of nitro groups is 1. The molecule has 4 aromatic rings. The van der Waals surface area contributed by atoms with Gasteiger partial charge in [-0.25, -0.2) is 4.79 Å². The molecule has 0 fully saturated rings. The van der Waals surface area contributed by atoms with E-state index in [1.807, 2.05) is 112 Å². The van der Waals surface area contributed by atoms with Gasteiger partial charge >= 0.3 is 5.97 Å². The maximum atomic E-state index is 13.7. The summed E-state index contributed by atoms with van der Waals surface area (Å²) in [4.78, 5) is 43.1. The first-order valence-corrected chi connectivity index (χ1v) is 13.3. The van der Waals surface area contributed by atoms with Crippen LogP contribution in [0, 0.1) is 15.5 Å². The number of carboxylic acids is 1. The van der Waals surface area contributed by atoms with E-state index in [-0.39, 0.29) is 23.5 Å². The van der Waals surface area contributed by atoms with Crippen LogP contribution in [0.5, 0.6) is 0 Å². The van der Waals surface area contributed by atoms with Gasteiger partial charge in [-0.2, -0.15) is 0 Å². The van der Waals surface area contributed by atoms with E-state index in [1.54, 1.807) is 0 Å². The number of hydrogen-bond donors (Lipinski definition) is 1. The fraction of sp³-hybridized carbons (Fsp3) is 0.206. The molecule has 1 N–H and O–H groups in total. The smallest absolute Gasteiger partial charge is 0.332 e. The molecule has 0 radical (unpaired) electrons. The average Bonchev–Trinajstić information content (AvgIpc) is 2.97. The van der Waals surface area contributed by atoms with Crippen LogP contribution in [0.25, 0.3) is 0 Å². The number of ketones is 1. The van der Waals surface area contributed by atoms with Gasteiger partial charge in [-0.3, -0.25) is 19.9 Å². The molecule has 0 heterocycles. The van der Waals surface area contributed by atoms with Gasteiger partial charge in [-0.05, 0) is 23.1 Å². The van der Waals surface area contributed by atoms with Crippen molar-refractivity contribution in [2.75, 3.05) is 0 Å². The van der Waals surface area contributed by atoms with Gasteiger partial charge in [0.2, 0.25) is 0 Å². The molecule has 208 valence electrons. The zero-order chi connectivity index (χ0) is 29.6. The zero-order valence-corrected chi connectivity index (χ0v) is 23.2. The Bertz CT molecular complexity index is 1500. The summed E-state index contributed by atoms with van der Waals surface area (Å²) in [5.74, 6) is -2.36. The highest BCUT2D eigenvalue weighted by molar-refractivity contribution is 6.14. The molecule has 0 aliphatic carbocycles. The fourth-order valence-electron chi connectivity index (χ4n) is 5.21. The molecule has 0 amide bonds. The topological polar surface area (TPSA) is 110 Å². The second-order valence-corrected chi connectivity index (χ2v) is 10.9. The van der Waals surface area contributed by atoms with Crippen molar-refractivity contribution in [2.45, 2.75) is 38.6 Å². The largest absolute Gasteiger partial charge is 0.479 e. The molecular formula is C34H32N2O5. The molecule has 0 spiro atoms. The molecule has 7 heteroatoms. The SMILES string of the molecule is CC(C)(C)[C@@](N=C(c1ccccc1)c1ccccc1)(C(=O)O)[C@@H](CC(=O)c1ccc([N+](=O)[O-])cc1)c1ccccc1. The second-order valence-electron chi connectivity index (χ2n) is 10.9. The van der Waals surface area contributed by atoms with Crippen LogP contribution in [-0.2, 0) is 4.79 Å². The van der Waals surface area contributed by atoms with E-state index < -0.39 is 27.8 Å². The number of Topliss-reactive ketones (excluding diaryl/α,β-unsaturated/α-hetero) is 1. The Morgan fingerprint density at radius 1 is 0.756 bits per heavy atom. The number of aliphatic carboxylic acids is 1. The van der Waals surface area contributed by atoms with Gasteiger partial charge < -0.3 is 5.11 Å². The third-order valence-electron chi connectivity index (χ3n) is 7.35. The lowest BCUT2D eigenvalue weighted by Gasteiger charge is -2.44. The highest BCUT2D eigenvalue weighted by Crippen LogP contribution is 2.48. The quantitative estimate of drug-likeness (QED) is 0.0964. The number of rotatable bonds is 10. The van der Waals surface area contributed by atoms with Crippen LogP contribution in [0.15, 0.2) is 120 Å². The van der Waals surface area contributed by atoms with Crippen molar-refractivity contribution in [3.05, 3.63) is 148 Å². The number of hydrogen-bond acceptors (Lipinski definition) is 5. The van der Waals surface area contributed by atoms with Crippen molar-refractivity contribution >= 4 is 23.2 Å². The number of nitrogens with zero attached hydrogens (tertiary/aromatic N) is 2. The van der Waals surface area contributed by atoms with Crippen LogP contribution < -0.4 is 0 Å². The van der Waals surface area contributed by atoms with Crippen molar-refractivity contribution < 1.29 is 19.6 Å². The number of carbonyl (C=O) groups is 2. The minimum atomic E-state index is -1.79. The summed E-state index contributed by atoms with van der Waals surface area (Å²) in [6.07, 6.45) is -0.175. The number of aliphatic imine (C=N–C) groups is 1. The minimum absolute atomic E-state index is 0.129. The molecule has 0 saturated heterocycles. The third-order valence-corrected chi connectivity index (χ3v) is 7.35. The molecule has 0 aliphatic rings. The van der Waals surface area contributed by atoms with E-state index in [9.17, 15) is 24.8 Å². The highest BCUT2D eigenvalue weighted by Gasteiger charge is 2.56. The summed E-state index contributed by atoms with van der Waals surface area (Å²) in [7, 11) is 0. The van der Waals surface area contributed by atoms with Gasteiger partial charge in [0.15, 0.2) is 11.3 Å². The van der Waals surface area contributed by atoms with Crippen molar-refractivity contribution in [1.29, 1.82) is 0 Å². The van der Waals surface area contributed by atoms with Crippen LogP contribution >= 0.6 is 0 Å². The van der Waals surface area contributed by atoms with Gasteiger partial charge in [0.25, 0.3) is 5.69 Å². The molecule has 4 aromatic carbocycles. The molecule has 2 atom stereocenters. The first-order valence-electron chi connectivity index (χ1n) is 13.3. The summed E-state index contributed by atoms with van der Waals surface area (Å²) in [5.41, 5.74) is 0.0619. The van der Waals surface area contributed by atoms with Crippen molar-refractivity contribution in [3.8, 4) is 0 Å².